The van der Waals surface area contributed by atoms with E-state index in [-0.39, 0.29) is 0 Å². The summed E-state index contributed by atoms with van der Waals surface area (Å²) in [6.07, 6.45) is 6.02. The number of aryl methyl sites for hydroxylation is 1. The summed E-state index contributed by atoms with van der Waals surface area (Å²) in [6, 6.07) is 2.09. The summed E-state index contributed by atoms with van der Waals surface area (Å²) < 4.78 is 3.57. The van der Waals surface area contributed by atoms with Crippen molar-refractivity contribution < 1.29 is 0 Å². The van der Waals surface area contributed by atoms with Gasteiger partial charge in [-0.3, -0.25) is 0 Å². The Morgan fingerprint density at radius 3 is 3.04 bits per heavy atom. The Labute approximate surface area is 135 Å². The van der Waals surface area contributed by atoms with Gasteiger partial charge in [-0.25, -0.2) is 9.50 Å². The Morgan fingerprint density at radius 2 is 2.22 bits per heavy atom. The predicted octanol–water partition coefficient (Wildman–Crippen LogP) is 2.03. The van der Waals surface area contributed by atoms with Gasteiger partial charge in [-0.15, -0.1) is 10.2 Å². The molecule has 0 atom stereocenters. The smallest absolute Gasteiger partial charge is 0.212 e. The summed E-state index contributed by atoms with van der Waals surface area (Å²) in [4.78, 5) is 5.50. The summed E-state index contributed by atoms with van der Waals surface area (Å²) in [5.74, 6) is 0.576. The maximum Gasteiger partial charge on any atom is 0.212 e. The van der Waals surface area contributed by atoms with Gasteiger partial charge in [0.15, 0.2) is 0 Å². The topological polar surface area (TPSA) is 85.3 Å². The SMILES string of the molecule is Cc1nn2cc(CNc3cc(C4CC4)nn4cnnc34)nc2s1. The second-order valence-corrected chi connectivity index (χ2v) is 6.95. The minimum Gasteiger partial charge on any atom is -0.376 e. The van der Waals surface area contributed by atoms with Gasteiger partial charge < -0.3 is 5.32 Å². The van der Waals surface area contributed by atoms with E-state index in [1.165, 1.54) is 12.8 Å². The molecule has 9 heteroatoms. The molecule has 1 fully saturated rings. The molecule has 0 radical (unpaired) electrons. The maximum atomic E-state index is 4.58. The molecule has 1 aliphatic carbocycles. The number of hydrogen-bond donors (Lipinski definition) is 1. The standard InChI is InChI=1S/C14H14N8S/c1-8-19-21-6-10(17-14(21)23-8)5-15-12-4-11(9-2-3-9)20-22-7-16-18-13(12)22/h4,6-7,9,15H,2-3,5H2,1H3. The fraction of sp³-hybridized carbons (Fsp3) is 0.357. The van der Waals surface area contributed by atoms with Crippen molar-refractivity contribution in [2.24, 2.45) is 0 Å². The number of nitrogens with one attached hydrogen (secondary N) is 1. The van der Waals surface area contributed by atoms with Gasteiger partial charge in [-0.1, -0.05) is 11.3 Å². The lowest BCUT2D eigenvalue weighted by atomic mass is 10.2. The Balaban J connectivity index is 1.45. The molecular formula is C14H14N8S. The van der Waals surface area contributed by atoms with Gasteiger partial charge in [0.05, 0.1) is 29.8 Å². The first-order valence-electron chi connectivity index (χ1n) is 7.53. The van der Waals surface area contributed by atoms with Crippen molar-refractivity contribution in [1.82, 2.24) is 34.4 Å². The van der Waals surface area contributed by atoms with Crippen molar-refractivity contribution in [2.45, 2.75) is 32.2 Å². The van der Waals surface area contributed by atoms with Crippen LogP contribution in [0.2, 0.25) is 0 Å². The van der Waals surface area contributed by atoms with Crippen LogP contribution in [0.5, 0.6) is 0 Å². The molecule has 116 valence electrons. The quantitative estimate of drug-likeness (QED) is 0.617. The van der Waals surface area contributed by atoms with E-state index in [1.807, 2.05) is 17.6 Å². The zero-order valence-corrected chi connectivity index (χ0v) is 13.3. The van der Waals surface area contributed by atoms with Crippen molar-refractivity contribution >= 4 is 27.6 Å². The monoisotopic (exact) mass is 326 g/mol. The van der Waals surface area contributed by atoms with Crippen LogP contribution in [0, 0.1) is 6.92 Å². The number of rotatable bonds is 4. The van der Waals surface area contributed by atoms with E-state index in [0.717, 1.165) is 32.7 Å². The molecule has 0 amide bonds. The summed E-state index contributed by atoms with van der Waals surface area (Å²) in [5.41, 5.74) is 3.73. The van der Waals surface area contributed by atoms with Gasteiger partial charge in [-0.2, -0.15) is 14.7 Å². The van der Waals surface area contributed by atoms with Gasteiger partial charge in [0.25, 0.3) is 0 Å². The third kappa shape index (κ3) is 2.24. The maximum absolute atomic E-state index is 4.58. The molecule has 0 bridgehead atoms. The molecule has 5 rings (SSSR count). The average Bonchev–Trinajstić information content (AvgIpc) is 3.00. The van der Waals surface area contributed by atoms with Crippen LogP contribution in [0.1, 0.15) is 35.2 Å². The first kappa shape index (κ1) is 12.9. The lowest BCUT2D eigenvalue weighted by Gasteiger charge is -2.07. The van der Waals surface area contributed by atoms with E-state index in [1.54, 1.807) is 22.2 Å². The predicted molar refractivity (Wildman–Crippen MR) is 85.7 cm³/mol. The molecule has 0 aliphatic heterocycles. The van der Waals surface area contributed by atoms with Crippen LogP contribution in [0.15, 0.2) is 18.6 Å². The van der Waals surface area contributed by atoms with Crippen LogP contribution >= 0.6 is 11.3 Å². The summed E-state index contributed by atoms with van der Waals surface area (Å²) in [6.45, 7) is 2.60. The molecule has 0 saturated heterocycles. The molecule has 0 aromatic carbocycles. The molecule has 1 saturated carbocycles. The van der Waals surface area contributed by atoms with Gasteiger partial charge in [-0.05, 0) is 25.8 Å². The Bertz CT molecular complexity index is 977. The number of nitrogens with zero attached hydrogens (tertiary/aromatic N) is 7. The highest BCUT2D eigenvalue weighted by Crippen LogP contribution is 2.39. The molecular weight excluding hydrogens is 312 g/mol. The largest absolute Gasteiger partial charge is 0.376 e. The minimum atomic E-state index is 0.576. The zero-order chi connectivity index (χ0) is 15.4. The van der Waals surface area contributed by atoms with Crippen molar-refractivity contribution in [3.8, 4) is 0 Å². The van der Waals surface area contributed by atoms with Crippen molar-refractivity contribution in [2.75, 3.05) is 5.32 Å². The van der Waals surface area contributed by atoms with Crippen molar-refractivity contribution in [3.63, 3.8) is 0 Å². The molecule has 1 N–H and O–H groups in total. The van der Waals surface area contributed by atoms with E-state index >= 15 is 0 Å². The molecule has 1 aliphatic rings. The third-order valence-electron chi connectivity index (χ3n) is 3.94. The van der Waals surface area contributed by atoms with Crippen LogP contribution in [0.25, 0.3) is 10.6 Å². The number of imidazole rings is 1. The molecule has 23 heavy (non-hydrogen) atoms. The molecule has 0 unspecified atom stereocenters. The summed E-state index contributed by atoms with van der Waals surface area (Å²) in [7, 11) is 0. The third-order valence-corrected chi connectivity index (χ3v) is 4.77. The molecule has 8 nitrogen and oxygen atoms in total. The summed E-state index contributed by atoms with van der Waals surface area (Å²) in [5, 5.41) is 21.5. The number of hydrogen-bond acceptors (Lipinski definition) is 7. The zero-order valence-electron chi connectivity index (χ0n) is 12.5. The van der Waals surface area contributed by atoms with E-state index in [0.29, 0.717) is 12.5 Å². The summed E-state index contributed by atoms with van der Waals surface area (Å²) >= 11 is 1.59. The number of anilines is 1. The van der Waals surface area contributed by atoms with Gasteiger partial charge in [0, 0.05) is 5.92 Å². The normalized spacial score (nSPS) is 14.8. The first-order chi connectivity index (χ1) is 11.3. The lowest BCUT2D eigenvalue weighted by Crippen LogP contribution is -2.05. The molecule has 4 heterocycles. The van der Waals surface area contributed by atoms with Crippen molar-refractivity contribution in [1.29, 1.82) is 0 Å². The van der Waals surface area contributed by atoms with Gasteiger partial charge in [0.2, 0.25) is 10.6 Å². The molecule has 0 spiro atoms. The highest BCUT2D eigenvalue weighted by molar-refractivity contribution is 7.16. The van der Waals surface area contributed by atoms with E-state index < -0.39 is 0 Å². The van der Waals surface area contributed by atoms with Crippen molar-refractivity contribution in [3.05, 3.63) is 35.0 Å². The second kappa shape index (κ2) is 4.72. The Hall–Kier alpha value is -2.55. The lowest BCUT2D eigenvalue weighted by molar-refractivity contribution is 0.849. The minimum absolute atomic E-state index is 0.576. The fourth-order valence-electron chi connectivity index (χ4n) is 2.67. The Kier molecular flexibility index (Phi) is 2.66. The van der Waals surface area contributed by atoms with Crippen LogP contribution < -0.4 is 5.32 Å². The van der Waals surface area contributed by atoms with Crippen LogP contribution in [0.4, 0.5) is 5.69 Å². The van der Waals surface area contributed by atoms with Crippen LogP contribution in [-0.2, 0) is 6.54 Å². The number of fused-ring (bicyclic) bond motifs is 2. The van der Waals surface area contributed by atoms with E-state index in [9.17, 15) is 0 Å². The van der Waals surface area contributed by atoms with E-state index in [2.05, 4.69) is 36.8 Å². The Morgan fingerprint density at radius 1 is 1.30 bits per heavy atom. The first-order valence-corrected chi connectivity index (χ1v) is 8.34. The van der Waals surface area contributed by atoms with Crippen LogP contribution in [-0.4, -0.2) is 34.4 Å². The highest BCUT2D eigenvalue weighted by atomic mass is 32.1. The molecule has 4 aromatic rings. The fourth-order valence-corrected chi connectivity index (χ4v) is 3.41. The number of aromatic nitrogens is 7. The molecule has 4 aromatic heterocycles. The van der Waals surface area contributed by atoms with Gasteiger partial charge >= 0.3 is 0 Å². The second-order valence-electron chi connectivity index (χ2n) is 5.79. The average molecular weight is 326 g/mol. The van der Waals surface area contributed by atoms with Gasteiger partial charge in [0.1, 0.15) is 11.3 Å². The van der Waals surface area contributed by atoms with E-state index in [4.69, 9.17) is 0 Å². The highest BCUT2D eigenvalue weighted by Gasteiger charge is 2.26. The van der Waals surface area contributed by atoms with Crippen LogP contribution in [0.3, 0.4) is 0 Å².